The highest BCUT2D eigenvalue weighted by molar-refractivity contribution is 6.03. The third-order valence-electron chi connectivity index (χ3n) is 3.88. The minimum atomic E-state index is -1.03. The van der Waals surface area contributed by atoms with Crippen molar-refractivity contribution in [3.63, 3.8) is 0 Å². The summed E-state index contributed by atoms with van der Waals surface area (Å²) in [5, 5.41) is 20.7. The van der Waals surface area contributed by atoms with Crippen LogP contribution >= 0.6 is 0 Å². The lowest BCUT2D eigenvalue weighted by molar-refractivity contribution is -0.137. The van der Waals surface area contributed by atoms with Crippen molar-refractivity contribution < 1.29 is 9.59 Å². The molecule has 21 heavy (non-hydrogen) atoms. The van der Waals surface area contributed by atoms with E-state index in [-0.39, 0.29) is 0 Å². The molecule has 0 bridgehead atoms. The molecule has 106 valence electrons. The zero-order valence-electron chi connectivity index (χ0n) is 12.1. The van der Waals surface area contributed by atoms with Crippen molar-refractivity contribution in [3.05, 3.63) is 34.4 Å². The van der Waals surface area contributed by atoms with Crippen molar-refractivity contribution >= 4 is 11.8 Å². The number of imide groups is 1. The Morgan fingerprint density at radius 3 is 1.76 bits per heavy atom. The lowest BCUT2D eigenvalue weighted by Gasteiger charge is -2.32. The number of nitriles is 2. The number of nitrogens with zero attached hydrogens (tertiary/aromatic N) is 2. The van der Waals surface area contributed by atoms with Crippen LogP contribution < -0.4 is 5.32 Å². The Morgan fingerprint density at radius 1 is 0.952 bits per heavy atom. The van der Waals surface area contributed by atoms with E-state index >= 15 is 0 Å². The Balaban J connectivity index is 2.67. The first-order chi connectivity index (χ1) is 9.90. The zero-order chi connectivity index (χ0) is 15.7. The summed E-state index contributed by atoms with van der Waals surface area (Å²) in [4.78, 5) is 23.8. The largest absolute Gasteiger partial charge is 0.294 e. The van der Waals surface area contributed by atoms with Crippen LogP contribution in [-0.2, 0) is 9.59 Å². The van der Waals surface area contributed by atoms with Crippen LogP contribution in [0, 0.1) is 55.3 Å². The molecule has 0 radical (unpaired) electrons. The van der Waals surface area contributed by atoms with Crippen LogP contribution in [0.1, 0.15) is 28.2 Å². The molecule has 1 fully saturated rings. The Labute approximate surface area is 123 Å². The van der Waals surface area contributed by atoms with Crippen LogP contribution in [0.5, 0.6) is 0 Å². The third kappa shape index (κ3) is 2.39. The van der Waals surface area contributed by atoms with Gasteiger partial charge in [-0.05, 0) is 37.5 Å². The zero-order valence-corrected chi connectivity index (χ0v) is 12.1. The van der Waals surface area contributed by atoms with E-state index in [4.69, 9.17) is 0 Å². The second-order valence-corrected chi connectivity index (χ2v) is 5.41. The fourth-order valence-corrected chi connectivity index (χ4v) is 3.12. The van der Waals surface area contributed by atoms with Crippen molar-refractivity contribution in [2.24, 2.45) is 11.8 Å². The van der Waals surface area contributed by atoms with E-state index < -0.39 is 29.6 Å². The van der Waals surface area contributed by atoms with E-state index in [0.717, 1.165) is 22.3 Å². The molecule has 0 spiro atoms. The number of hydrogen-bond acceptors (Lipinski definition) is 4. The molecule has 1 aromatic carbocycles. The highest BCUT2D eigenvalue weighted by Gasteiger charge is 2.46. The van der Waals surface area contributed by atoms with Gasteiger partial charge in [-0.15, -0.1) is 0 Å². The maximum Gasteiger partial charge on any atom is 0.244 e. The van der Waals surface area contributed by atoms with Gasteiger partial charge in [0.05, 0.1) is 12.1 Å². The molecule has 5 nitrogen and oxygen atoms in total. The van der Waals surface area contributed by atoms with Gasteiger partial charge in [0.1, 0.15) is 11.8 Å². The number of hydrogen-bond donors (Lipinski definition) is 1. The van der Waals surface area contributed by atoms with E-state index in [9.17, 15) is 20.1 Å². The summed E-state index contributed by atoms with van der Waals surface area (Å²) in [5.74, 6) is -4.04. The Kier molecular flexibility index (Phi) is 3.78. The first-order valence-corrected chi connectivity index (χ1v) is 6.62. The second-order valence-electron chi connectivity index (χ2n) is 5.41. The summed E-state index contributed by atoms with van der Waals surface area (Å²) in [6, 6.07) is 7.75. The fourth-order valence-electron chi connectivity index (χ4n) is 3.12. The smallest absolute Gasteiger partial charge is 0.244 e. The summed E-state index contributed by atoms with van der Waals surface area (Å²) in [7, 11) is 0. The number of benzene rings is 1. The normalized spacial score (nSPS) is 24.9. The van der Waals surface area contributed by atoms with Crippen LogP contribution in [0.15, 0.2) is 12.1 Å². The van der Waals surface area contributed by atoms with Crippen molar-refractivity contribution in [2.75, 3.05) is 0 Å². The Hall–Kier alpha value is -2.66. The molecule has 1 heterocycles. The molecular formula is C16H15N3O2. The molecule has 1 N–H and O–H groups in total. The maximum absolute atomic E-state index is 11.9. The van der Waals surface area contributed by atoms with Crippen molar-refractivity contribution in [1.82, 2.24) is 5.32 Å². The topological polar surface area (TPSA) is 93.8 Å². The minimum Gasteiger partial charge on any atom is -0.294 e. The molecule has 2 atom stereocenters. The van der Waals surface area contributed by atoms with Gasteiger partial charge in [0.15, 0.2) is 0 Å². The number of rotatable bonds is 1. The first kappa shape index (κ1) is 14.7. The van der Waals surface area contributed by atoms with E-state index in [1.807, 2.05) is 45.0 Å². The molecule has 2 amide bonds. The van der Waals surface area contributed by atoms with Gasteiger partial charge in [-0.2, -0.15) is 10.5 Å². The monoisotopic (exact) mass is 281 g/mol. The van der Waals surface area contributed by atoms with Gasteiger partial charge in [-0.25, -0.2) is 0 Å². The summed E-state index contributed by atoms with van der Waals surface area (Å²) in [5.41, 5.74) is 3.59. The minimum absolute atomic E-state index is 0.627. The number of aryl methyl sites for hydroxylation is 3. The highest BCUT2D eigenvalue weighted by atomic mass is 16.2. The summed E-state index contributed by atoms with van der Waals surface area (Å²) >= 11 is 0. The van der Waals surface area contributed by atoms with Crippen molar-refractivity contribution in [2.45, 2.75) is 26.7 Å². The molecule has 2 unspecified atom stereocenters. The van der Waals surface area contributed by atoms with E-state index in [1.54, 1.807) is 0 Å². The van der Waals surface area contributed by atoms with Crippen LogP contribution in [0.3, 0.4) is 0 Å². The third-order valence-corrected chi connectivity index (χ3v) is 3.88. The van der Waals surface area contributed by atoms with Crippen molar-refractivity contribution in [3.8, 4) is 12.1 Å². The van der Waals surface area contributed by atoms with Gasteiger partial charge in [-0.1, -0.05) is 17.7 Å². The molecule has 0 aliphatic carbocycles. The molecule has 1 aliphatic rings. The number of carbonyl (C=O) groups is 2. The molecule has 1 aliphatic heterocycles. The average molecular weight is 281 g/mol. The van der Waals surface area contributed by atoms with Gasteiger partial charge >= 0.3 is 0 Å². The molecule has 1 saturated heterocycles. The van der Waals surface area contributed by atoms with Crippen LogP contribution in [-0.4, -0.2) is 11.8 Å². The van der Waals surface area contributed by atoms with Crippen LogP contribution in [0.25, 0.3) is 0 Å². The first-order valence-electron chi connectivity index (χ1n) is 6.62. The quantitative estimate of drug-likeness (QED) is 0.792. The second kappa shape index (κ2) is 5.38. The summed E-state index contributed by atoms with van der Waals surface area (Å²) in [6.45, 7) is 5.69. The van der Waals surface area contributed by atoms with E-state index in [1.165, 1.54) is 0 Å². The predicted octanol–water partition coefficient (Wildman–Crippen LogP) is 1.63. The SMILES string of the molecule is Cc1cc(C)c(C2C(C#N)C(=O)NC(=O)C2C#N)c(C)c1. The van der Waals surface area contributed by atoms with Gasteiger partial charge in [-0.3, -0.25) is 14.9 Å². The van der Waals surface area contributed by atoms with Gasteiger partial charge in [0.25, 0.3) is 0 Å². The fraction of sp³-hybridized carbons (Fsp3) is 0.375. The Morgan fingerprint density at radius 2 is 1.38 bits per heavy atom. The number of nitrogens with one attached hydrogen (secondary N) is 1. The maximum atomic E-state index is 11.9. The highest BCUT2D eigenvalue weighted by Crippen LogP contribution is 2.39. The summed E-state index contributed by atoms with van der Waals surface area (Å²) < 4.78 is 0. The van der Waals surface area contributed by atoms with Crippen molar-refractivity contribution in [1.29, 1.82) is 10.5 Å². The Bertz CT molecular complexity index is 654. The molecule has 1 aromatic rings. The standard InChI is InChI=1S/C16H15N3O2/c1-8-4-9(2)13(10(3)5-8)14-11(6-17)15(20)19-16(21)12(14)7-18/h4-5,11-12,14H,1-3H3,(H,19,20,21). The average Bonchev–Trinajstić information content (AvgIpc) is 2.37. The predicted molar refractivity (Wildman–Crippen MR) is 74.7 cm³/mol. The number of carbonyl (C=O) groups excluding carboxylic acids is 2. The lowest BCUT2D eigenvalue weighted by atomic mass is 9.72. The molecular weight excluding hydrogens is 266 g/mol. The molecule has 0 aromatic heterocycles. The van der Waals surface area contributed by atoms with Gasteiger partial charge < -0.3 is 0 Å². The van der Waals surface area contributed by atoms with Crippen LogP contribution in [0.2, 0.25) is 0 Å². The number of amides is 2. The summed E-state index contributed by atoms with van der Waals surface area (Å²) in [6.07, 6.45) is 0. The van der Waals surface area contributed by atoms with E-state index in [2.05, 4.69) is 5.32 Å². The van der Waals surface area contributed by atoms with Crippen LogP contribution in [0.4, 0.5) is 0 Å². The lowest BCUT2D eigenvalue weighted by Crippen LogP contribution is -2.50. The van der Waals surface area contributed by atoms with E-state index in [0.29, 0.717) is 0 Å². The molecule has 5 heteroatoms. The molecule has 2 rings (SSSR count). The van der Waals surface area contributed by atoms with Gasteiger partial charge in [0, 0.05) is 5.92 Å². The molecule has 0 saturated carbocycles. The van der Waals surface area contributed by atoms with Gasteiger partial charge in [0.2, 0.25) is 11.8 Å². The number of piperidine rings is 1.